The average molecular weight is 147 g/mol. The van der Waals surface area contributed by atoms with Gasteiger partial charge in [-0.2, -0.15) is 0 Å². The van der Waals surface area contributed by atoms with Crippen LogP contribution in [0.1, 0.15) is 26.2 Å². The Morgan fingerprint density at radius 3 is 2.56 bits per heavy atom. The van der Waals surface area contributed by atoms with Gasteiger partial charge in [0, 0.05) is 20.7 Å². The van der Waals surface area contributed by atoms with Crippen LogP contribution in [0.25, 0.3) is 0 Å². The van der Waals surface area contributed by atoms with E-state index in [-0.39, 0.29) is 5.25 Å². The third-order valence-electron chi connectivity index (χ3n) is 1.57. The van der Waals surface area contributed by atoms with E-state index >= 15 is 0 Å². The van der Waals surface area contributed by atoms with Gasteiger partial charge in [0.05, 0.1) is 0 Å². The van der Waals surface area contributed by atoms with Gasteiger partial charge in [-0.05, 0) is 19.3 Å². The lowest BCUT2D eigenvalue weighted by molar-refractivity contribution is 0.672. The first-order valence-corrected chi connectivity index (χ1v) is 5.21. The molecule has 1 N–H and O–H groups in total. The Labute approximate surface area is 56.6 Å². The van der Waals surface area contributed by atoms with Crippen molar-refractivity contribution < 1.29 is 4.21 Å². The highest BCUT2D eigenvalue weighted by molar-refractivity contribution is 7.93. The van der Waals surface area contributed by atoms with Gasteiger partial charge in [-0.1, -0.05) is 6.92 Å². The van der Waals surface area contributed by atoms with Gasteiger partial charge in [-0.15, -0.1) is 0 Å². The summed E-state index contributed by atoms with van der Waals surface area (Å²) in [4.78, 5) is 0. The molecule has 1 saturated carbocycles. The topological polar surface area (TPSA) is 40.9 Å². The molecule has 1 atom stereocenters. The van der Waals surface area contributed by atoms with Crippen molar-refractivity contribution in [3.8, 4) is 0 Å². The van der Waals surface area contributed by atoms with Crippen molar-refractivity contribution in [1.82, 2.24) is 0 Å². The van der Waals surface area contributed by atoms with Crippen molar-refractivity contribution in [3.05, 3.63) is 0 Å². The summed E-state index contributed by atoms with van der Waals surface area (Å²) in [5, 5.41) is 0.262. The maximum Gasteiger partial charge on any atom is 0.0470 e. The molecule has 0 bridgehead atoms. The van der Waals surface area contributed by atoms with Crippen LogP contribution < -0.4 is 0 Å². The average Bonchev–Trinajstić information content (AvgIpc) is 2.41. The molecular weight excluding hydrogens is 134 g/mol. The summed E-state index contributed by atoms with van der Waals surface area (Å²) in [7, 11) is -2.14. The van der Waals surface area contributed by atoms with Crippen LogP contribution in [-0.2, 0) is 9.73 Å². The molecule has 1 fully saturated rings. The lowest BCUT2D eigenvalue weighted by Gasteiger charge is -2.00. The van der Waals surface area contributed by atoms with E-state index in [1.807, 2.05) is 6.92 Å². The van der Waals surface area contributed by atoms with Crippen LogP contribution in [0.15, 0.2) is 0 Å². The molecule has 0 saturated heterocycles. The number of hydrogen-bond acceptors (Lipinski definition) is 2. The Kier molecular flexibility index (Phi) is 1.80. The number of nitrogens with one attached hydrogen (secondary N) is 1. The zero-order valence-electron chi connectivity index (χ0n) is 5.72. The number of rotatable bonds is 3. The quantitative estimate of drug-likeness (QED) is 0.647. The first-order chi connectivity index (χ1) is 4.17. The van der Waals surface area contributed by atoms with E-state index in [2.05, 4.69) is 0 Å². The molecule has 0 unspecified atom stereocenters. The van der Waals surface area contributed by atoms with Crippen molar-refractivity contribution in [3.63, 3.8) is 0 Å². The summed E-state index contributed by atoms with van der Waals surface area (Å²) >= 11 is 0. The van der Waals surface area contributed by atoms with Gasteiger partial charge in [-0.3, -0.25) is 4.78 Å². The molecule has 0 radical (unpaired) electrons. The molecule has 0 aromatic heterocycles. The Morgan fingerprint density at radius 1 is 1.67 bits per heavy atom. The van der Waals surface area contributed by atoms with E-state index in [1.54, 1.807) is 0 Å². The molecule has 0 amide bonds. The molecule has 0 aromatic carbocycles. The van der Waals surface area contributed by atoms with Gasteiger partial charge in [0.1, 0.15) is 0 Å². The fourth-order valence-electron chi connectivity index (χ4n) is 0.919. The van der Waals surface area contributed by atoms with Crippen molar-refractivity contribution >= 4 is 9.73 Å². The van der Waals surface area contributed by atoms with Gasteiger partial charge in [0.25, 0.3) is 0 Å². The number of hydrogen-bond donors (Lipinski definition) is 1. The maximum atomic E-state index is 11.2. The summed E-state index contributed by atoms with van der Waals surface area (Å²) < 4.78 is 18.6. The fraction of sp³-hybridized carbons (Fsp3) is 1.00. The molecule has 0 aromatic rings. The lowest BCUT2D eigenvalue weighted by atomic mass is 10.6. The van der Waals surface area contributed by atoms with E-state index in [0.717, 1.165) is 19.3 Å². The van der Waals surface area contributed by atoms with Crippen molar-refractivity contribution in [1.29, 1.82) is 4.78 Å². The first kappa shape index (κ1) is 7.06. The molecule has 0 heterocycles. The Hall–Kier alpha value is -0.0500. The molecule has 1 aliphatic carbocycles. The van der Waals surface area contributed by atoms with Crippen LogP contribution >= 0.6 is 0 Å². The highest BCUT2D eigenvalue weighted by Gasteiger charge is 2.31. The normalized spacial score (nSPS) is 25.4. The summed E-state index contributed by atoms with van der Waals surface area (Å²) in [5.74, 6) is 0.609. The molecule has 1 aliphatic rings. The second-order valence-corrected chi connectivity index (χ2v) is 5.16. The largest absolute Gasteiger partial charge is 0.253 e. The van der Waals surface area contributed by atoms with Crippen LogP contribution in [-0.4, -0.2) is 15.2 Å². The summed E-state index contributed by atoms with van der Waals surface area (Å²) in [6.07, 6.45) is 2.95. The predicted octanol–water partition coefficient (Wildman–Crippen LogP) is 1.61. The summed E-state index contributed by atoms with van der Waals surface area (Å²) in [6, 6.07) is 0. The second kappa shape index (κ2) is 2.29. The zero-order chi connectivity index (χ0) is 6.91. The maximum absolute atomic E-state index is 11.2. The van der Waals surface area contributed by atoms with E-state index in [4.69, 9.17) is 4.78 Å². The molecule has 0 spiro atoms. The molecule has 3 heteroatoms. The van der Waals surface area contributed by atoms with E-state index in [9.17, 15) is 4.21 Å². The summed E-state index contributed by atoms with van der Waals surface area (Å²) in [6.45, 7) is 1.98. The Morgan fingerprint density at radius 2 is 2.22 bits per heavy atom. The molecule has 2 nitrogen and oxygen atoms in total. The van der Waals surface area contributed by atoms with Crippen LogP contribution in [0.4, 0.5) is 0 Å². The standard InChI is InChI=1S/C6H13NOS/c1-2-5-9(7,8)6-3-4-6/h6-7H,2-5H2,1H3/t9-/m1/s1. The molecule has 54 valence electrons. The molecule has 1 rings (SSSR count). The van der Waals surface area contributed by atoms with Crippen LogP contribution in [0.3, 0.4) is 0 Å². The van der Waals surface area contributed by atoms with Crippen LogP contribution in [0.2, 0.25) is 0 Å². The first-order valence-electron chi connectivity index (χ1n) is 3.42. The van der Waals surface area contributed by atoms with Crippen LogP contribution in [0.5, 0.6) is 0 Å². The minimum Gasteiger partial charge on any atom is -0.253 e. The second-order valence-electron chi connectivity index (χ2n) is 2.63. The van der Waals surface area contributed by atoms with Gasteiger partial charge in [-0.25, -0.2) is 4.21 Å². The Balaban J connectivity index is 2.51. The third kappa shape index (κ3) is 1.68. The highest BCUT2D eigenvalue weighted by Crippen LogP contribution is 2.29. The fourth-order valence-corrected chi connectivity index (χ4v) is 2.76. The lowest BCUT2D eigenvalue weighted by Crippen LogP contribution is -2.08. The monoisotopic (exact) mass is 147 g/mol. The minimum atomic E-state index is -2.14. The highest BCUT2D eigenvalue weighted by atomic mass is 32.2. The molecule has 9 heavy (non-hydrogen) atoms. The predicted molar refractivity (Wildman–Crippen MR) is 39.0 cm³/mol. The van der Waals surface area contributed by atoms with E-state index < -0.39 is 9.73 Å². The van der Waals surface area contributed by atoms with E-state index in [1.165, 1.54) is 0 Å². The van der Waals surface area contributed by atoms with Crippen molar-refractivity contribution in [2.24, 2.45) is 0 Å². The SMILES string of the molecule is CCC[S@@](=N)(=O)C1CC1. The van der Waals surface area contributed by atoms with Gasteiger partial charge >= 0.3 is 0 Å². The zero-order valence-corrected chi connectivity index (χ0v) is 6.54. The summed E-state index contributed by atoms with van der Waals surface area (Å²) in [5.41, 5.74) is 0. The van der Waals surface area contributed by atoms with E-state index in [0.29, 0.717) is 5.75 Å². The molecular formula is C6H13NOS. The van der Waals surface area contributed by atoms with Crippen molar-refractivity contribution in [2.45, 2.75) is 31.4 Å². The van der Waals surface area contributed by atoms with Gasteiger partial charge in [0.15, 0.2) is 0 Å². The Bertz CT molecular complexity index is 179. The van der Waals surface area contributed by atoms with Gasteiger partial charge < -0.3 is 0 Å². The molecule has 0 aliphatic heterocycles. The van der Waals surface area contributed by atoms with Crippen molar-refractivity contribution in [2.75, 3.05) is 5.75 Å². The smallest absolute Gasteiger partial charge is 0.0470 e. The minimum absolute atomic E-state index is 0.262. The van der Waals surface area contributed by atoms with Crippen LogP contribution in [0, 0.1) is 4.78 Å². The third-order valence-corrected chi connectivity index (χ3v) is 4.13. The van der Waals surface area contributed by atoms with Gasteiger partial charge in [0.2, 0.25) is 0 Å².